The lowest BCUT2D eigenvalue weighted by Crippen LogP contribution is -2.59. The zero-order valence-electron chi connectivity index (χ0n) is 18.9. The first-order chi connectivity index (χ1) is 16.2. The maximum atomic E-state index is 13.5. The van der Waals surface area contributed by atoms with E-state index in [0.29, 0.717) is 36.4 Å². The van der Waals surface area contributed by atoms with Crippen LogP contribution in [0.3, 0.4) is 0 Å². The molecule has 34 heavy (non-hydrogen) atoms. The quantitative estimate of drug-likeness (QED) is 0.450. The molecule has 186 valence electrons. The third-order valence-electron chi connectivity index (χ3n) is 5.86. The molecule has 1 aromatic rings. The van der Waals surface area contributed by atoms with Crippen LogP contribution in [0.5, 0.6) is 0 Å². The molecule has 0 saturated carbocycles. The van der Waals surface area contributed by atoms with E-state index in [1.54, 1.807) is 6.92 Å². The number of thioether (sulfide) groups is 1. The predicted molar refractivity (Wildman–Crippen MR) is 122 cm³/mol. The molecule has 12 nitrogen and oxygen atoms in total. The molecule has 2 aliphatic heterocycles. The highest BCUT2D eigenvalue weighted by atomic mass is 32.2. The molecule has 2 aliphatic rings. The van der Waals surface area contributed by atoms with Crippen LogP contribution in [0.4, 0.5) is 0 Å². The molecule has 3 unspecified atom stereocenters. The third-order valence-corrected chi connectivity index (χ3v) is 7.59. The fraction of sp³-hybridized carbons (Fsp3) is 0.650. The molecule has 14 heteroatoms. The van der Waals surface area contributed by atoms with E-state index in [9.17, 15) is 24.0 Å². The Morgan fingerprint density at radius 1 is 1.15 bits per heavy atom. The van der Waals surface area contributed by atoms with Gasteiger partial charge < -0.3 is 25.0 Å². The Bertz CT molecular complexity index is 955. The molecule has 3 amide bonds. The predicted octanol–water partition coefficient (Wildman–Crippen LogP) is -0.0823. The summed E-state index contributed by atoms with van der Waals surface area (Å²) >= 11 is 1.94. The van der Waals surface area contributed by atoms with Crippen LogP contribution >= 0.6 is 23.3 Å². The van der Waals surface area contributed by atoms with Crippen LogP contribution in [0.1, 0.15) is 41.0 Å². The van der Waals surface area contributed by atoms with E-state index in [2.05, 4.69) is 14.9 Å². The Morgan fingerprint density at radius 2 is 1.91 bits per heavy atom. The Hall–Kier alpha value is -2.74. The van der Waals surface area contributed by atoms with E-state index in [0.717, 1.165) is 23.3 Å². The van der Waals surface area contributed by atoms with Gasteiger partial charge in [-0.3, -0.25) is 19.2 Å². The second-order valence-electron chi connectivity index (χ2n) is 8.08. The number of esters is 1. The highest BCUT2D eigenvalue weighted by Crippen LogP contribution is 2.26. The van der Waals surface area contributed by atoms with Crippen molar-refractivity contribution in [3.05, 3.63) is 10.6 Å². The SMILES string of the molecule is COC(=O)C1CCCN1C(=O)C1CC(NC(=O)c2snnc2C)CCN1C(=O)CSCC(=O)O. The minimum atomic E-state index is -1.03. The molecule has 2 saturated heterocycles. The minimum Gasteiger partial charge on any atom is -0.481 e. The van der Waals surface area contributed by atoms with Gasteiger partial charge in [-0.05, 0) is 44.1 Å². The molecule has 0 spiro atoms. The highest BCUT2D eigenvalue weighted by Gasteiger charge is 2.43. The first-order valence-corrected chi connectivity index (χ1v) is 12.7. The second kappa shape index (κ2) is 11.6. The number of hydrogen-bond acceptors (Lipinski definition) is 10. The molecule has 1 aromatic heterocycles. The fourth-order valence-electron chi connectivity index (χ4n) is 4.23. The third kappa shape index (κ3) is 6.03. The number of hydrogen-bond donors (Lipinski definition) is 2. The number of carbonyl (C=O) groups excluding carboxylic acids is 4. The zero-order chi connectivity index (χ0) is 24.8. The van der Waals surface area contributed by atoms with Crippen molar-refractivity contribution in [3.63, 3.8) is 0 Å². The van der Waals surface area contributed by atoms with Crippen molar-refractivity contribution in [2.75, 3.05) is 31.7 Å². The number of aliphatic carboxylic acids is 1. The van der Waals surface area contributed by atoms with Crippen LogP contribution in [0.2, 0.25) is 0 Å². The number of amides is 3. The number of rotatable bonds is 8. The number of methoxy groups -OCH3 is 1. The molecule has 3 rings (SSSR count). The molecular formula is C20H27N5O7S2. The van der Waals surface area contributed by atoms with Gasteiger partial charge in [0.15, 0.2) is 0 Å². The Morgan fingerprint density at radius 3 is 2.56 bits per heavy atom. The average molecular weight is 514 g/mol. The van der Waals surface area contributed by atoms with Gasteiger partial charge in [0, 0.05) is 19.1 Å². The van der Waals surface area contributed by atoms with Gasteiger partial charge in [-0.15, -0.1) is 16.9 Å². The van der Waals surface area contributed by atoms with Crippen molar-refractivity contribution in [2.45, 2.75) is 50.7 Å². The van der Waals surface area contributed by atoms with E-state index in [4.69, 9.17) is 9.84 Å². The fourth-order valence-corrected chi connectivity index (χ4v) is 5.41. The van der Waals surface area contributed by atoms with Crippen LogP contribution in [0.15, 0.2) is 0 Å². The van der Waals surface area contributed by atoms with Gasteiger partial charge in [-0.25, -0.2) is 4.79 Å². The van der Waals surface area contributed by atoms with Crippen molar-refractivity contribution >= 4 is 53.0 Å². The Balaban J connectivity index is 1.76. The van der Waals surface area contributed by atoms with Crippen molar-refractivity contribution in [2.24, 2.45) is 0 Å². The molecule has 3 atom stereocenters. The summed E-state index contributed by atoms with van der Waals surface area (Å²) < 4.78 is 8.61. The van der Waals surface area contributed by atoms with Gasteiger partial charge in [0.25, 0.3) is 5.91 Å². The summed E-state index contributed by atoms with van der Waals surface area (Å²) in [5, 5.41) is 15.6. The van der Waals surface area contributed by atoms with Gasteiger partial charge >= 0.3 is 11.9 Å². The molecule has 0 aliphatic carbocycles. The standard InChI is InChI=1S/C20H27N5O7S2/c1-11-17(34-23-22-11)18(29)21-12-5-7-24(15(26)9-33-10-16(27)28)14(8-12)19(30)25-6-3-4-13(25)20(31)32-2/h12-14H,3-10H2,1-2H3,(H,21,29)(H,27,28). The summed E-state index contributed by atoms with van der Waals surface area (Å²) in [6.07, 6.45) is 1.72. The first kappa shape index (κ1) is 25.9. The topological polar surface area (TPSA) is 159 Å². The summed E-state index contributed by atoms with van der Waals surface area (Å²) in [6, 6.07) is -1.97. The van der Waals surface area contributed by atoms with Crippen LogP contribution in [0, 0.1) is 6.92 Å². The van der Waals surface area contributed by atoms with Crippen LogP contribution in [0.25, 0.3) is 0 Å². The van der Waals surface area contributed by atoms with Crippen LogP contribution < -0.4 is 5.32 Å². The average Bonchev–Trinajstić information content (AvgIpc) is 3.46. The molecule has 0 radical (unpaired) electrons. The van der Waals surface area contributed by atoms with E-state index in [1.807, 2.05) is 0 Å². The van der Waals surface area contributed by atoms with Gasteiger partial charge in [0.05, 0.1) is 24.3 Å². The first-order valence-electron chi connectivity index (χ1n) is 10.8. The van der Waals surface area contributed by atoms with Gasteiger partial charge in [-0.2, -0.15) is 0 Å². The Kier molecular flexibility index (Phi) is 8.83. The molecule has 0 aromatic carbocycles. The number of carbonyl (C=O) groups is 5. The van der Waals surface area contributed by atoms with E-state index in [-0.39, 0.29) is 48.2 Å². The van der Waals surface area contributed by atoms with Crippen molar-refractivity contribution < 1.29 is 33.8 Å². The highest BCUT2D eigenvalue weighted by molar-refractivity contribution is 8.00. The zero-order valence-corrected chi connectivity index (χ0v) is 20.5. The van der Waals surface area contributed by atoms with Gasteiger partial charge in [0.2, 0.25) is 11.8 Å². The summed E-state index contributed by atoms with van der Waals surface area (Å²) in [4.78, 5) is 65.3. The lowest BCUT2D eigenvalue weighted by atomic mass is 9.95. The molecule has 2 fully saturated rings. The summed E-state index contributed by atoms with van der Waals surface area (Å²) in [5.41, 5.74) is 0.510. The minimum absolute atomic E-state index is 0.0841. The van der Waals surface area contributed by atoms with Crippen LogP contribution in [-0.2, 0) is 23.9 Å². The summed E-state index contributed by atoms with van der Waals surface area (Å²) in [6.45, 7) is 2.26. The van der Waals surface area contributed by atoms with E-state index in [1.165, 1.54) is 16.9 Å². The second-order valence-corrected chi connectivity index (χ2v) is 9.82. The number of carboxylic acids is 1. The molecule has 0 bridgehead atoms. The van der Waals surface area contributed by atoms with Gasteiger partial charge in [-0.1, -0.05) is 4.49 Å². The van der Waals surface area contributed by atoms with Crippen molar-refractivity contribution in [3.8, 4) is 0 Å². The number of piperidine rings is 1. The monoisotopic (exact) mass is 513 g/mol. The van der Waals surface area contributed by atoms with Crippen molar-refractivity contribution in [1.82, 2.24) is 24.7 Å². The number of ether oxygens (including phenoxy) is 1. The lowest BCUT2D eigenvalue weighted by molar-refractivity contribution is -0.155. The number of aryl methyl sites for hydroxylation is 1. The summed E-state index contributed by atoms with van der Waals surface area (Å²) in [5.74, 6) is -2.92. The lowest BCUT2D eigenvalue weighted by Gasteiger charge is -2.41. The summed E-state index contributed by atoms with van der Waals surface area (Å²) in [7, 11) is 1.27. The maximum absolute atomic E-state index is 13.5. The number of nitrogens with zero attached hydrogens (tertiary/aromatic N) is 4. The Labute approximate surface area is 204 Å². The molecule has 3 heterocycles. The van der Waals surface area contributed by atoms with E-state index >= 15 is 0 Å². The van der Waals surface area contributed by atoms with Crippen molar-refractivity contribution in [1.29, 1.82) is 0 Å². The smallest absolute Gasteiger partial charge is 0.328 e. The molecule has 2 N–H and O–H groups in total. The number of aromatic nitrogens is 2. The normalized spacial score (nSPS) is 22.4. The number of nitrogens with one attached hydrogen (secondary N) is 1. The largest absolute Gasteiger partial charge is 0.481 e. The maximum Gasteiger partial charge on any atom is 0.328 e. The van der Waals surface area contributed by atoms with E-state index < -0.39 is 24.0 Å². The number of likely N-dealkylation sites (tertiary alicyclic amines) is 2. The molecular weight excluding hydrogens is 486 g/mol. The number of carboxylic acid groups (broad SMARTS) is 1. The van der Waals surface area contributed by atoms with Gasteiger partial charge in [0.1, 0.15) is 17.0 Å². The van der Waals surface area contributed by atoms with Crippen LogP contribution in [-0.4, -0.2) is 104 Å².